The van der Waals surface area contributed by atoms with Gasteiger partial charge in [-0.05, 0) is 43.8 Å². The number of anilines is 1. The minimum Gasteiger partial charge on any atom is -0.370 e. The number of nitriles is 1. The Balaban J connectivity index is 2.25. The van der Waals surface area contributed by atoms with Crippen LogP contribution in [0.4, 0.5) is 5.82 Å². The molecule has 0 amide bonds. The lowest BCUT2D eigenvalue weighted by Crippen LogP contribution is -2.21. The fourth-order valence-electron chi connectivity index (χ4n) is 2.96. The van der Waals surface area contributed by atoms with Gasteiger partial charge in [0.15, 0.2) is 5.65 Å². The van der Waals surface area contributed by atoms with Gasteiger partial charge in [0.1, 0.15) is 11.9 Å². The number of hydrogen-bond donors (Lipinski definition) is 1. The lowest BCUT2D eigenvalue weighted by Gasteiger charge is -2.17. The van der Waals surface area contributed by atoms with Gasteiger partial charge in [-0.3, -0.25) is 4.40 Å². The van der Waals surface area contributed by atoms with Crippen LogP contribution in [0.25, 0.3) is 16.7 Å². The molecule has 2 aromatic heterocycles. The van der Waals surface area contributed by atoms with E-state index in [1.54, 1.807) is 0 Å². The molecule has 0 fully saturated rings. The predicted octanol–water partition coefficient (Wildman–Crippen LogP) is 3.46. The van der Waals surface area contributed by atoms with Gasteiger partial charge in [0.05, 0.1) is 16.6 Å². The number of benzene rings is 1. The number of hydrogen-bond acceptors (Lipinski definition) is 4. The van der Waals surface area contributed by atoms with E-state index in [2.05, 4.69) is 54.7 Å². The zero-order chi connectivity index (χ0) is 17.3. The highest BCUT2D eigenvalue weighted by Crippen LogP contribution is 2.30. The molecule has 0 bridgehead atoms. The number of rotatable bonds is 5. The molecule has 0 saturated heterocycles. The molecule has 3 aromatic rings. The fraction of sp³-hybridized carbons (Fsp3) is 0.368. The first-order valence-electron chi connectivity index (χ1n) is 8.25. The molecule has 24 heavy (non-hydrogen) atoms. The Morgan fingerprint density at radius 3 is 2.71 bits per heavy atom. The van der Waals surface area contributed by atoms with Crippen molar-refractivity contribution in [2.75, 3.05) is 32.5 Å². The Morgan fingerprint density at radius 1 is 1.29 bits per heavy atom. The van der Waals surface area contributed by atoms with Crippen LogP contribution in [-0.2, 0) is 0 Å². The first-order chi connectivity index (χ1) is 11.5. The van der Waals surface area contributed by atoms with Crippen molar-refractivity contribution >= 4 is 22.5 Å². The van der Waals surface area contributed by atoms with E-state index in [1.807, 2.05) is 24.3 Å². The second-order valence-corrected chi connectivity index (χ2v) is 6.62. The smallest absolute Gasteiger partial charge is 0.157 e. The molecule has 1 N–H and O–H groups in total. The van der Waals surface area contributed by atoms with Gasteiger partial charge in [-0.1, -0.05) is 26.0 Å². The van der Waals surface area contributed by atoms with E-state index in [0.717, 1.165) is 41.2 Å². The van der Waals surface area contributed by atoms with Crippen molar-refractivity contribution in [2.45, 2.75) is 19.8 Å². The molecular weight excluding hydrogens is 298 g/mol. The highest BCUT2D eigenvalue weighted by Gasteiger charge is 2.18. The van der Waals surface area contributed by atoms with Gasteiger partial charge in [0, 0.05) is 13.1 Å². The Labute approximate surface area is 142 Å². The minimum absolute atomic E-state index is 0.263. The SMILES string of the molecule is CC(C)c1cc(NCCN(C)C)n2c(nc3ccccc32)c1C#N. The number of pyridine rings is 1. The fourth-order valence-corrected chi connectivity index (χ4v) is 2.96. The van der Waals surface area contributed by atoms with Crippen molar-refractivity contribution in [2.24, 2.45) is 0 Å². The number of para-hydroxylation sites is 2. The molecule has 0 saturated carbocycles. The number of nitrogens with one attached hydrogen (secondary N) is 1. The van der Waals surface area contributed by atoms with Crippen LogP contribution in [0.15, 0.2) is 30.3 Å². The Morgan fingerprint density at radius 2 is 2.04 bits per heavy atom. The summed E-state index contributed by atoms with van der Waals surface area (Å²) in [6.07, 6.45) is 0. The molecule has 0 aliphatic carbocycles. The van der Waals surface area contributed by atoms with Crippen molar-refractivity contribution in [1.29, 1.82) is 5.26 Å². The lowest BCUT2D eigenvalue weighted by molar-refractivity contribution is 0.425. The van der Waals surface area contributed by atoms with Gasteiger partial charge < -0.3 is 10.2 Å². The number of fused-ring (bicyclic) bond motifs is 3. The largest absolute Gasteiger partial charge is 0.370 e. The van der Waals surface area contributed by atoms with E-state index in [0.29, 0.717) is 5.56 Å². The van der Waals surface area contributed by atoms with E-state index < -0.39 is 0 Å². The molecule has 0 aliphatic rings. The van der Waals surface area contributed by atoms with E-state index in [-0.39, 0.29) is 5.92 Å². The van der Waals surface area contributed by atoms with Crippen LogP contribution in [-0.4, -0.2) is 41.5 Å². The standard InChI is InChI=1S/C19H23N5/c1-13(2)14-11-18(21-9-10-23(3)4)24-17-8-6-5-7-16(17)22-19(24)15(14)12-20/h5-8,11,13,21H,9-10H2,1-4H3. The quantitative estimate of drug-likeness (QED) is 0.782. The second kappa shape index (κ2) is 6.50. The number of imidazole rings is 1. The summed E-state index contributed by atoms with van der Waals surface area (Å²) in [5.74, 6) is 1.25. The van der Waals surface area contributed by atoms with E-state index in [4.69, 9.17) is 4.98 Å². The molecule has 5 heteroatoms. The molecule has 0 spiro atoms. The molecule has 0 aliphatic heterocycles. The first kappa shape index (κ1) is 16.3. The van der Waals surface area contributed by atoms with Crippen molar-refractivity contribution < 1.29 is 0 Å². The average Bonchev–Trinajstić information content (AvgIpc) is 2.93. The zero-order valence-electron chi connectivity index (χ0n) is 14.7. The molecule has 2 heterocycles. The maximum Gasteiger partial charge on any atom is 0.157 e. The van der Waals surface area contributed by atoms with Crippen LogP contribution < -0.4 is 5.32 Å². The molecule has 124 valence electrons. The zero-order valence-corrected chi connectivity index (χ0v) is 14.7. The third-order valence-electron chi connectivity index (χ3n) is 4.21. The molecule has 0 unspecified atom stereocenters. The third-order valence-corrected chi connectivity index (χ3v) is 4.21. The third kappa shape index (κ3) is 2.81. The van der Waals surface area contributed by atoms with Gasteiger partial charge in [-0.25, -0.2) is 4.98 Å². The van der Waals surface area contributed by atoms with Gasteiger partial charge in [-0.15, -0.1) is 0 Å². The monoisotopic (exact) mass is 321 g/mol. The second-order valence-electron chi connectivity index (χ2n) is 6.62. The summed E-state index contributed by atoms with van der Waals surface area (Å²) < 4.78 is 2.06. The Bertz CT molecular complexity index is 915. The van der Waals surface area contributed by atoms with E-state index in [1.165, 1.54) is 0 Å². The summed E-state index contributed by atoms with van der Waals surface area (Å²) in [5.41, 5.74) is 4.36. The number of likely N-dealkylation sites (N-methyl/N-ethyl adjacent to an activating group) is 1. The van der Waals surface area contributed by atoms with Crippen LogP contribution in [0.1, 0.15) is 30.9 Å². The molecule has 3 rings (SSSR count). The van der Waals surface area contributed by atoms with Gasteiger partial charge in [0.2, 0.25) is 0 Å². The molecule has 1 aromatic carbocycles. The van der Waals surface area contributed by atoms with Gasteiger partial charge in [0.25, 0.3) is 0 Å². The van der Waals surface area contributed by atoms with Crippen molar-refractivity contribution in [3.63, 3.8) is 0 Å². The maximum atomic E-state index is 9.70. The molecule has 0 radical (unpaired) electrons. The van der Waals surface area contributed by atoms with Crippen molar-refractivity contribution in [3.05, 3.63) is 41.5 Å². The van der Waals surface area contributed by atoms with Crippen molar-refractivity contribution in [3.8, 4) is 6.07 Å². The van der Waals surface area contributed by atoms with Crippen molar-refractivity contribution in [1.82, 2.24) is 14.3 Å². The molecular formula is C19H23N5. The highest BCUT2D eigenvalue weighted by atomic mass is 15.1. The van der Waals surface area contributed by atoms with E-state index in [9.17, 15) is 5.26 Å². The highest BCUT2D eigenvalue weighted by molar-refractivity contribution is 5.85. The van der Waals surface area contributed by atoms with Crippen LogP contribution >= 0.6 is 0 Å². The average molecular weight is 321 g/mol. The predicted molar refractivity (Wildman–Crippen MR) is 98.5 cm³/mol. The minimum atomic E-state index is 0.263. The van der Waals surface area contributed by atoms with Gasteiger partial charge in [-0.2, -0.15) is 5.26 Å². The van der Waals surface area contributed by atoms with E-state index >= 15 is 0 Å². The summed E-state index contributed by atoms with van der Waals surface area (Å²) >= 11 is 0. The summed E-state index contributed by atoms with van der Waals surface area (Å²) in [7, 11) is 4.12. The van der Waals surface area contributed by atoms with Crippen LogP contribution in [0.5, 0.6) is 0 Å². The normalized spacial score (nSPS) is 11.5. The Kier molecular flexibility index (Phi) is 4.41. The van der Waals surface area contributed by atoms with Crippen LogP contribution in [0.3, 0.4) is 0 Å². The number of aromatic nitrogens is 2. The lowest BCUT2D eigenvalue weighted by atomic mass is 9.99. The summed E-state index contributed by atoms with van der Waals surface area (Å²) in [5, 5.41) is 13.2. The topological polar surface area (TPSA) is 56.4 Å². The summed E-state index contributed by atoms with van der Waals surface area (Å²) in [4.78, 5) is 6.87. The van der Waals surface area contributed by atoms with Crippen LogP contribution in [0.2, 0.25) is 0 Å². The first-order valence-corrected chi connectivity index (χ1v) is 8.25. The van der Waals surface area contributed by atoms with Gasteiger partial charge >= 0.3 is 0 Å². The maximum absolute atomic E-state index is 9.70. The molecule has 5 nitrogen and oxygen atoms in total. The van der Waals surface area contributed by atoms with Crippen LogP contribution in [0, 0.1) is 11.3 Å². The number of nitrogens with zero attached hydrogens (tertiary/aromatic N) is 4. The summed E-state index contributed by atoms with van der Waals surface area (Å²) in [6, 6.07) is 12.5. The molecule has 0 atom stereocenters. The Hall–Kier alpha value is -2.58. The summed E-state index contributed by atoms with van der Waals surface area (Å²) in [6.45, 7) is 5.99.